The van der Waals surface area contributed by atoms with E-state index < -0.39 is 0 Å². The topological polar surface area (TPSA) is 52.0 Å². The van der Waals surface area contributed by atoms with Crippen molar-refractivity contribution < 1.29 is 4.52 Å². The predicted octanol–water partition coefficient (Wildman–Crippen LogP) is 4.66. The van der Waals surface area contributed by atoms with Crippen LogP contribution in [-0.4, -0.2) is 5.16 Å². The first kappa shape index (κ1) is 12.9. The van der Waals surface area contributed by atoms with E-state index in [-0.39, 0.29) is 0 Å². The summed E-state index contributed by atoms with van der Waals surface area (Å²) >= 11 is 3.43. The molecule has 0 spiro atoms. The van der Waals surface area contributed by atoms with Gasteiger partial charge in [0.2, 0.25) is 5.88 Å². The van der Waals surface area contributed by atoms with Gasteiger partial charge in [0.25, 0.3) is 0 Å². The fourth-order valence-corrected chi connectivity index (χ4v) is 2.37. The van der Waals surface area contributed by atoms with Gasteiger partial charge in [-0.1, -0.05) is 63.0 Å². The Bertz CT molecular complexity index is 730. The highest BCUT2D eigenvalue weighted by Crippen LogP contribution is 2.36. The third-order valence-corrected chi connectivity index (χ3v) is 3.71. The molecule has 4 heteroatoms. The molecule has 0 aliphatic rings. The second-order valence-electron chi connectivity index (χ2n) is 4.64. The molecule has 0 amide bonds. The van der Waals surface area contributed by atoms with E-state index in [0.717, 1.165) is 26.9 Å². The van der Waals surface area contributed by atoms with Crippen LogP contribution < -0.4 is 5.73 Å². The Balaban J connectivity index is 2.14. The van der Waals surface area contributed by atoms with Crippen LogP contribution in [0.5, 0.6) is 0 Å². The average Bonchev–Trinajstić information content (AvgIpc) is 2.83. The number of hydrogen-bond donors (Lipinski definition) is 1. The zero-order valence-corrected chi connectivity index (χ0v) is 12.5. The molecule has 2 aromatic carbocycles. The Kier molecular flexibility index (Phi) is 3.32. The van der Waals surface area contributed by atoms with Gasteiger partial charge in [-0.2, -0.15) is 0 Å². The van der Waals surface area contributed by atoms with Gasteiger partial charge in [0.15, 0.2) is 0 Å². The molecule has 100 valence electrons. The van der Waals surface area contributed by atoms with Gasteiger partial charge >= 0.3 is 0 Å². The number of aryl methyl sites for hydroxylation is 1. The Morgan fingerprint density at radius 3 is 2.20 bits per heavy atom. The van der Waals surface area contributed by atoms with Crippen LogP contribution in [0.3, 0.4) is 0 Å². The molecule has 3 nitrogen and oxygen atoms in total. The predicted molar refractivity (Wildman–Crippen MR) is 84.2 cm³/mol. The molecule has 1 aromatic heterocycles. The largest absolute Gasteiger partial charge is 0.367 e. The van der Waals surface area contributed by atoms with E-state index in [2.05, 4.69) is 28.0 Å². The first-order valence-electron chi connectivity index (χ1n) is 6.23. The van der Waals surface area contributed by atoms with E-state index in [1.165, 1.54) is 5.56 Å². The summed E-state index contributed by atoms with van der Waals surface area (Å²) in [5.74, 6) is 0.336. The molecule has 0 saturated heterocycles. The van der Waals surface area contributed by atoms with Gasteiger partial charge in [-0.25, -0.2) is 0 Å². The van der Waals surface area contributed by atoms with Crippen LogP contribution in [0.15, 0.2) is 57.5 Å². The molecule has 0 saturated carbocycles. The van der Waals surface area contributed by atoms with Crippen molar-refractivity contribution in [3.63, 3.8) is 0 Å². The maximum Gasteiger partial charge on any atom is 0.230 e. The lowest BCUT2D eigenvalue weighted by Crippen LogP contribution is -1.87. The van der Waals surface area contributed by atoms with Crippen molar-refractivity contribution >= 4 is 21.8 Å². The summed E-state index contributed by atoms with van der Waals surface area (Å²) < 4.78 is 6.20. The van der Waals surface area contributed by atoms with Crippen molar-refractivity contribution in [2.75, 3.05) is 5.73 Å². The number of benzene rings is 2. The van der Waals surface area contributed by atoms with Crippen LogP contribution in [0.1, 0.15) is 5.56 Å². The minimum atomic E-state index is 0.336. The summed E-state index contributed by atoms with van der Waals surface area (Å²) in [4.78, 5) is 0. The second kappa shape index (κ2) is 5.13. The minimum Gasteiger partial charge on any atom is -0.367 e. The number of anilines is 1. The van der Waals surface area contributed by atoms with E-state index in [0.29, 0.717) is 5.88 Å². The standard InChI is InChI=1S/C16H13BrN2O/c1-10-2-4-12(5-3-10)15-14(16(18)20-19-15)11-6-8-13(17)9-7-11/h2-9H,18H2,1H3. The quantitative estimate of drug-likeness (QED) is 0.744. The third-order valence-electron chi connectivity index (χ3n) is 3.18. The highest BCUT2D eigenvalue weighted by atomic mass is 79.9. The molecule has 3 aromatic rings. The Labute approximate surface area is 125 Å². The summed E-state index contributed by atoms with van der Waals surface area (Å²) in [6, 6.07) is 16.1. The molecule has 0 aliphatic carbocycles. The third kappa shape index (κ3) is 2.34. The van der Waals surface area contributed by atoms with Gasteiger partial charge in [-0.05, 0) is 24.6 Å². The average molecular weight is 329 g/mol. The molecular weight excluding hydrogens is 316 g/mol. The molecule has 0 aliphatic heterocycles. The van der Waals surface area contributed by atoms with Gasteiger partial charge in [-0.15, -0.1) is 0 Å². The van der Waals surface area contributed by atoms with Gasteiger partial charge in [0.05, 0.1) is 5.56 Å². The zero-order chi connectivity index (χ0) is 14.1. The van der Waals surface area contributed by atoms with Crippen LogP contribution in [-0.2, 0) is 0 Å². The van der Waals surface area contributed by atoms with Gasteiger partial charge in [0.1, 0.15) is 5.69 Å². The van der Waals surface area contributed by atoms with Gasteiger partial charge in [-0.3, -0.25) is 0 Å². The van der Waals surface area contributed by atoms with E-state index in [1.807, 2.05) is 48.5 Å². The molecule has 3 rings (SSSR count). The highest BCUT2D eigenvalue weighted by molar-refractivity contribution is 9.10. The fourth-order valence-electron chi connectivity index (χ4n) is 2.11. The van der Waals surface area contributed by atoms with Crippen molar-refractivity contribution in [3.8, 4) is 22.4 Å². The number of hydrogen-bond acceptors (Lipinski definition) is 3. The highest BCUT2D eigenvalue weighted by Gasteiger charge is 2.17. The first-order valence-corrected chi connectivity index (χ1v) is 7.02. The van der Waals surface area contributed by atoms with Crippen LogP contribution in [0.4, 0.5) is 5.88 Å². The molecule has 1 heterocycles. The first-order chi connectivity index (χ1) is 9.65. The van der Waals surface area contributed by atoms with Crippen molar-refractivity contribution in [2.24, 2.45) is 0 Å². The van der Waals surface area contributed by atoms with Gasteiger partial charge in [0, 0.05) is 10.0 Å². The van der Waals surface area contributed by atoms with Crippen LogP contribution in [0, 0.1) is 6.92 Å². The van der Waals surface area contributed by atoms with Crippen molar-refractivity contribution in [2.45, 2.75) is 6.92 Å². The fraction of sp³-hybridized carbons (Fsp3) is 0.0625. The van der Waals surface area contributed by atoms with E-state index in [1.54, 1.807) is 0 Å². The van der Waals surface area contributed by atoms with E-state index in [4.69, 9.17) is 10.3 Å². The summed E-state index contributed by atoms with van der Waals surface area (Å²) in [7, 11) is 0. The Hall–Kier alpha value is -2.07. The lowest BCUT2D eigenvalue weighted by molar-refractivity contribution is 0.439. The van der Waals surface area contributed by atoms with E-state index >= 15 is 0 Å². The van der Waals surface area contributed by atoms with Crippen molar-refractivity contribution in [1.82, 2.24) is 5.16 Å². The SMILES string of the molecule is Cc1ccc(-c2noc(N)c2-c2ccc(Br)cc2)cc1. The zero-order valence-electron chi connectivity index (χ0n) is 10.9. The number of aromatic nitrogens is 1. The lowest BCUT2D eigenvalue weighted by atomic mass is 10.0. The summed E-state index contributed by atoms with van der Waals surface area (Å²) in [6.07, 6.45) is 0. The van der Waals surface area contributed by atoms with Crippen LogP contribution in [0.2, 0.25) is 0 Å². The molecule has 0 radical (unpaired) electrons. The maximum absolute atomic E-state index is 5.94. The Morgan fingerprint density at radius 1 is 0.950 bits per heavy atom. The molecule has 2 N–H and O–H groups in total. The lowest BCUT2D eigenvalue weighted by Gasteiger charge is -2.03. The number of nitrogen functional groups attached to an aromatic ring is 1. The molecule has 0 unspecified atom stereocenters. The number of rotatable bonds is 2. The molecule has 0 bridgehead atoms. The summed E-state index contributed by atoms with van der Waals surface area (Å²) in [5.41, 5.74) is 10.7. The molecular formula is C16H13BrN2O. The smallest absolute Gasteiger partial charge is 0.230 e. The van der Waals surface area contributed by atoms with Crippen molar-refractivity contribution in [1.29, 1.82) is 0 Å². The number of halogens is 1. The Morgan fingerprint density at radius 2 is 1.55 bits per heavy atom. The molecule has 0 fully saturated rings. The molecule has 20 heavy (non-hydrogen) atoms. The summed E-state index contributed by atoms with van der Waals surface area (Å²) in [6.45, 7) is 2.05. The van der Waals surface area contributed by atoms with E-state index in [9.17, 15) is 0 Å². The van der Waals surface area contributed by atoms with Gasteiger partial charge < -0.3 is 10.3 Å². The number of nitrogens with two attached hydrogens (primary N) is 1. The second-order valence-corrected chi connectivity index (χ2v) is 5.56. The maximum atomic E-state index is 5.94. The van der Waals surface area contributed by atoms with Crippen LogP contribution in [0.25, 0.3) is 22.4 Å². The number of nitrogens with zero attached hydrogens (tertiary/aromatic N) is 1. The molecule has 0 atom stereocenters. The minimum absolute atomic E-state index is 0.336. The van der Waals surface area contributed by atoms with Crippen LogP contribution >= 0.6 is 15.9 Å². The summed E-state index contributed by atoms with van der Waals surface area (Å²) in [5, 5.41) is 4.10. The van der Waals surface area contributed by atoms with Crippen molar-refractivity contribution in [3.05, 3.63) is 58.6 Å². The normalized spacial score (nSPS) is 10.7. The monoisotopic (exact) mass is 328 g/mol.